The molecular formula is C15H29N3. The van der Waals surface area contributed by atoms with Crippen molar-refractivity contribution in [3.63, 3.8) is 0 Å². The molecule has 0 aliphatic heterocycles. The average Bonchev–Trinajstić information content (AvgIpc) is 2.78. The van der Waals surface area contributed by atoms with E-state index in [0.717, 1.165) is 13.1 Å². The highest BCUT2D eigenvalue weighted by Gasteiger charge is 2.07. The number of imidazole rings is 1. The van der Waals surface area contributed by atoms with Crippen LogP contribution >= 0.6 is 0 Å². The average molecular weight is 251 g/mol. The van der Waals surface area contributed by atoms with Crippen molar-refractivity contribution in [3.05, 3.63) is 18.2 Å². The molecule has 0 radical (unpaired) electrons. The normalized spacial score (nSPS) is 13.2. The van der Waals surface area contributed by atoms with Crippen LogP contribution in [0.3, 0.4) is 0 Å². The van der Waals surface area contributed by atoms with Gasteiger partial charge in [-0.2, -0.15) is 0 Å². The largest absolute Gasteiger partial charge is 0.333 e. The highest BCUT2D eigenvalue weighted by Crippen LogP contribution is 2.11. The third kappa shape index (κ3) is 5.21. The molecule has 1 rings (SSSR count). The summed E-state index contributed by atoms with van der Waals surface area (Å²) in [5.41, 5.74) is 0. The summed E-state index contributed by atoms with van der Waals surface area (Å²) in [6, 6.07) is 0.627. The van der Waals surface area contributed by atoms with Gasteiger partial charge in [0.1, 0.15) is 5.82 Å². The van der Waals surface area contributed by atoms with Crippen LogP contribution in [0.2, 0.25) is 0 Å². The van der Waals surface area contributed by atoms with E-state index in [4.69, 9.17) is 0 Å². The van der Waals surface area contributed by atoms with Crippen molar-refractivity contribution in [3.8, 4) is 0 Å². The van der Waals surface area contributed by atoms with Crippen LogP contribution in [0.15, 0.2) is 12.4 Å². The maximum absolute atomic E-state index is 4.41. The van der Waals surface area contributed by atoms with Crippen molar-refractivity contribution in [1.29, 1.82) is 0 Å². The van der Waals surface area contributed by atoms with Gasteiger partial charge in [0.25, 0.3) is 0 Å². The van der Waals surface area contributed by atoms with Gasteiger partial charge >= 0.3 is 0 Å². The molecule has 1 unspecified atom stereocenters. The molecule has 0 amide bonds. The van der Waals surface area contributed by atoms with Crippen molar-refractivity contribution in [1.82, 2.24) is 14.9 Å². The van der Waals surface area contributed by atoms with Gasteiger partial charge in [-0.05, 0) is 13.3 Å². The third-order valence-electron chi connectivity index (χ3n) is 3.35. The van der Waals surface area contributed by atoms with E-state index in [1.165, 1.54) is 31.5 Å². The minimum absolute atomic E-state index is 0.502. The third-order valence-corrected chi connectivity index (χ3v) is 3.35. The highest BCUT2D eigenvalue weighted by molar-refractivity contribution is 4.97. The maximum atomic E-state index is 4.41. The number of rotatable bonds is 9. The van der Waals surface area contributed by atoms with Crippen molar-refractivity contribution in [2.45, 2.75) is 71.9 Å². The SMILES string of the molecule is CCCCCC(C)NCCn1ccnc1C(C)C. The first-order valence-electron chi connectivity index (χ1n) is 7.39. The lowest BCUT2D eigenvalue weighted by Crippen LogP contribution is -2.29. The second kappa shape index (κ2) is 8.30. The van der Waals surface area contributed by atoms with Crippen molar-refractivity contribution in [2.24, 2.45) is 0 Å². The zero-order valence-corrected chi connectivity index (χ0v) is 12.4. The topological polar surface area (TPSA) is 29.9 Å². The Morgan fingerprint density at radius 3 is 2.72 bits per heavy atom. The van der Waals surface area contributed by atoms with E-state index in [1.54, 1.807) is 0 Å². The molecular weight excluding hydrogens is 222 g/mol. The highest BCUT2D eigenvalue weighted by atomic mass is 15.1. The summed E-state index contributed by atoms with van der Waals surface area (Å²) in [6.07, 6.45) is 9.27. The van der Waals surface area contributed by atoms with Crippen LogP contribution in [-0.4, -0.2) is 22.1 Å². The van der Waals surface area contributed by atoms with Crippen LogP contribution in [0.5, 0.6) is 0 Å². The minimum Gasteiger partial charge on any atom is -0.333 e. The summed E-state index contributed by atoms with van der Waals surface area (Å²) >= 11 is 0. The smallest absolute Gasteiger partial charge is 0.111 e. The van der Waals surface area contributed by atoms with Gasteiger partial charge in [0, 0.05) is 37.4 Å². The lowest BCUT2D eigenvalue weighted by molar-refractivity contribution is 0.465. The molecule has 1 N–H and O–H groups in total. The summed E-state index contributed by atoms with van der Waals surface area (Å²) in [5, 5.41) is 3.60. The molecule has 3 heteroatoms. The standard InChI is InChI=1S/C15H29N3/c1-5-6-7-8-14(4)16-9-11-18-12-10-17-15(18)13(2)3/h10,12-14,16H,5-9,11H2,1-4H3. The lowest BCUT2D eigenvalue weighted by atomic mass is 10.1. The van der Waals surface area contributed by atoms with Gasteiger partial charge in [0.15, 0.2) is 0 Å². The van der Waals surface area contributed by atoms with Crippen LogP contribution in [0, 0.1) is 0 Å². The van der Waals surface area contributed by atoms with Gasteiger partial charge in [0.2, 0.25) is 0 Å². The molecule has 1 heterocycles. The van der Waals surface area contributed by atoms with Crippen LogP contribution in [-0.2, 0) is 6.54 Å². The minimum atomic E-state index is 0.502. The monoisotopic (exact) mass is 251 g/mol. The molecule has 0 saturated heterocycles. The summed E-state index contributed by atoms with van der Waals surface area (Å²) in [7, 11) is 0. The van der Waals surface area contributed by atoms with E-state index in [2.05, 4.69) is 48.8 Å². The predicted octanol–water partition coefficient (Wildman–Crippen LogP) is 3.56. The predicted molar refractivity (Wildman–Crippen MR) is 77.9 cm³/mol. The lowest BCUT2D eigenvalue weighted by Gasteiger charge is -2.15. The Balaban J connectivity index is 2.22. The Kier molecular flexibility index (Phi) is 7.02. The molecule has 0 aliphatic carbocycles. The first-order valence-corrected chi connectivity index (χ1v) is 7.39. The molecule has 0 spiro atoms. The summed E-state index contributed by atoms with van der Waals surface area (Å²) in [5.74, 6) is 1.69. The Hall–Kier alpha value is -0.830. The molecule has 1 aromatic heterocycles. The van der Waals surface area contributed by atoms with Gasteiger partial charge in [-0.3, -0.25) is 0 Å². The zero-order chi connectivity index (χ0) is 13.4. The Bertz CT molecular complexity index is 317. The Morgan fingerprint density at radius 1 is 1.28 bits per heavy atom. The molecule has 0 saturated carbocycles. The summed E-state index contributed by atoms with van der Waals surface area (Å²) in [6.45, 7) is 11.0. The van der Waals surface area contributed by atoms with Crippen molar-refractivity contribution in [2.75, 3.05) is 6.54 Å². The van der Waals surface area contributed by atoms with Crippen molar-refractivity contribution >= 4 is 0 Å². The second-order valence-corrected chi connectivity index (χ2v) is 5.48. The van der Waals surface area contributed by atoms with E-state index < -0.39 is 0 Å². The number of nitrogens with zero attached hydrogens (tertiary/aromatic N) is 2. The molecule has 0 bridgehead atoms. The molecule has 18 heavy (non-hydrogen) atoms. The number of nitrogens with one attached hydrogen (secondary N) is 1. The second-order valence-electron chi connectivity index (χ2n) is 5.48. The fourth-order valence-electron chi connectivity index (χ4n) is 2.24. The summed E-state index contributed by atoms with van der Waals surface area (Å²) < 4.78 is 2.26. The Morgan fingerprint density at radius 2 is 2.06 bits per heavy atom. The molecule has 3 nitrogen and oxygen atoms in total. The molecule has 0 aliphatic rings. The van der Waals surface area contributed by atoms with E-state index >= 15 is 0 Å². The van der Waals surface area contributed by atoms with Gasteiger partial charge in [-0.25, -0.2) is 4.98 Å². The van der Waals surface area contributed by atoms with E-state index in [0.29, 0.717) is 12.0 Å². The molecule has 0 aromatic carbocycles. The number of hydrogen-bond donors (Lipinski definition) is 1. The van der Waals surface area contributed by atoms with Crippen LogP contribution in [0.1, 0.15) is 65.1 Å². The van der Waals surface area contributed by atoms with Gasteiger partial charge in [-0.15, -0.1) is 0 Å². The van der Waals surface area contributed by atoms with Gasteiger partial charge in [0.05, 0.1) is 0 Å². The fraction of sp³-hybridized carbons (Fsp3) is 0.800. The number of aromatic nitrogens is 2. The molecule has 1 atom stereocenters. The molecule has 104 valence electrons. The van der Waals surface area contributed by atoms with Gasteiger partial charge < -0.3 is 9.88 Å². The number of hydrogen-bond acceptors (Lipinski definition) is 2. The Labute approximate surface area is 112 Å². The number of unbranched alkanes of at least 4 members (excludes halogenated alkanes) is 2. The van der Waals surface area contributed by atoms with E-state index in [9.17, 15) is 0 Å². The molecule has 1 aromatic rings. The maximum Gasteiger partial charge on any atom is 0.111 e. The summed E-state index contributed by atoms with van der Waals surface area (Å²) in [4.78, 5) is 4.41. The first-order chi connectivity index (χ1) is 8.65. The van der Waals surface area contributed by atoms with Gasteiger partial charge in [-0.1, -0.05) is 40.0 Å². The van der Waals surface area contributed by atoms with Crippen molar-refractivity contribution < 1.29 is 0 Å². The van der Waals surface area contributed by atoms with Crippen LogP contribution in [0.25, 0.3) is 0 Å². The van der Waals surface area contributed by atoms with Crippen LogP contribution in [0.4, 0.5) is 0 Å². The van der Waals surface area contributed by atoms with Crippen LogP contribution < -0.4 is 5.32 Å². The zero-order valence-electron chi connectivity index (χ0n) is 12.4. The van der Waals surface area contributed by atoms with E-state index in [1.807, 2.05) is 6.20 Å². The first kappa shape index (κ1) is 15.2. The fourth-order valence-corrected chi connectivity index (χ4v) is 2.24. The van der Waals surface area contributed by atoms with E-state index in [-0.39, 0.29) is 0 Å². The molecule has 0 fully saturated rings. The quantitative estimate of drug-likeness (QED) is 0.680.